The Kier molecular flexibility index (Phi) is 7.92. The molecule has 0 aromatic rings. The van der Waals surface area contributed by atoms with Crippen LogP contribution in [0.2, 0.25) is 0 Å². The van der Waals surface area contributed by atoms with Crippen LogP contribution in [0, 0.1) is 0 Å². The SMILES string of the molecule is CCCCCCCC(=O)C(F)(F)CCC(C)=O. The zero-order valence-corrected chi connectivity index (χ0v) is 10.7. The number of hydrogen-bond acceptors (Lipinski definition) is 2. The number of hydrogen-bond donors (Lipinski definition) is 0. The fourth-order valence-electron chi connectivity index (χ4n) is 1.54. The number of ketones is 2. The van der Waals surface area contributed by atoms with E-state index in [0.29, 0.717) is 6.42 Å². The summed E-state index contributed by atoms with van der Waals surface area (Å²) in [7, 11) is 0. The van der Waals surface area contributed by atoms with Crippen molar-refractivity contribution in [2.45, 2.75) is 71.1 Å². The van der Waals surface area contributed by atoms with Crippen LogP contribution in [0.5, 0.6) is 0 Å². The van der Waals surface area contributed by atoms with Crippen molar-refractivity contribution in [3.8, 4) is 0 Å². The van der Waals surface area contributed by atoms with Gasteiger partial charge in [0, 0.05) is 19.3 Å². The van der Waals surface area contributed by atoms with Gasteiger partial charge in [-0.3, -0.25) is 4.79 Å². The minimum absolute atomic E-state index is 0.0748. The molecule has 0 aliphatic heterocycles. The van der Waals surface area contributed by atoms with Crippen LogP contribution in [0.1, 0.15) is 65.2 Å². The second-order valence-electron chi connectivity index (χ2n) is 4.49. The number of alkyl halides is 2. The third-order valence-corrected chi connectivity index (χ3v) is 2.71. The van der Waals surface area contributed by atoms with Gasteiger partial charge >= 0.3 is 5.92 Å². The maximum absolute atomic E-state index is 13.3. The van der Waals surface area contributed by atoms with Crippen molar-refractivity contribution < 1.29 is 18.4 Å². The van der Waals surface area contributed by atoms with E-state index >= 15 is 0 Å². The lowest BCUT2D eigenvalue weighted by molar-refractivity contribution is -0.144. The zero-order chi connectivity index (χ0) is 13.3. The molecule has 17 heavy (non-hydrogen) atoms. The summed E-state index contributed by atoms with van der Waals surface area (Å²) >= 11 is 0. The number of carbonyl (C=O) groups excluding carboxylic acids is 2. The molecule has 0 aromatic heterocycles. The molecule has 0 aliphatic carbocycles. The molecule has 0 amide bonds. The largest absolute Gasteiger partial charge is 0.305 e. The van der Waals surface area contributed by atoms with Crippen molar-refractivity contribution in [1.29, 1.82) is 0 Å². The molecular weight excluding hydrogens is 226 g/mol. The van der Waals surface area contributed by atoms with E-state index in [-0.39, 0.29) is 18.6 Å². The molecule has 0 N–H and O–H groups in total. The second-order valence-corrected chi connectivity index (χ2v) is 4.49. The van der Waals surface area contributed by atoms with E-state index in [2.05, 4.69) is 6.92 Å². The van der Waals surface area contributed by atoms with Gasteiger partial charge in [0.2, 0.25) is 5.78 Å². The molecule has 0 bridgehead atoms. The molecule has 0 rings (SSSR count). The summed E-state index contributed by atoms with van der Waals surface area (Å²) in [5.41, 5.74) is 0. The predicted molar refractivity (Wildman–Crippen MR) is 63.2 cm³/mol. The van der Waals surface area contributed by atoms with Crippen molar-refractivity contribution >= 4 is 11.6 Å². The van der Waals surface area contributed by atoms with Crippen LogP contribution in [-0.4, -0.2) is 17.5 Å². The highest BCUT2D eigenvalue weighted by Crippen LogP contribution is 2.24. The molecule has 4 heteroatoms. The predicted octanol–water partition coefficient (Wildman–Crippen LogP) is 3.92. The van der Waals surface area contributed by atoms with Gasteiger partial charge in [0.1, 0.15) is 5.78 Å². The van der Waals surface area contributed by atoms with Crippen LogP contribution in [0.25, 0.3) is 0 Å². The lowest BCUT2D eigenvalue weighted by Crippen LogP contribution is -2.29. The van der Waals surface area contributed by atoms with Crippen LogP contribution in [0.15, 0.2) is 0 Å². The van der Waals surface area contributed by atoms with Crippen molar-refractivity contribution in [3.63, 3.8) is 0 Å². The van der Waals surface area contributed by atoms with Crippen LogP contribution >= 0.6 is 0 Å². The van der Waals surface area contributed by atoms with E-state index in [1.165, 1.54) is 6.92 Å². The maximum Gasteiger partial charge on any atom is 0.305 e. The van der Waals surface area contributed by atoms with E-state index in [1.807, 2.05) is 0 Å². The van der Waals surface area contributed by atoms with Crippen molar-refractivity contribution in [3.05, 3.63) is 0 Å². The number of Topliss-reactive ketones (excluding diaryl/α,β-unsaturated/α-hetero) is 2. The molecule has 0 aliphatic rings. The third-order valence-electron chi connectivity index (χ3n) is 2.71. The van der Waals surface area contributed by atoms with Crippen molar-refractivity contribution in [2.75, 3.05) is 0 Å². The van der Waals surface area contributed by atoms with Gasteiger partial charge in [-0.15, -0.1) is 0 Å². The Hall–Kier alpha value is -0.800. The fourth-order valence-corrected chi connectivity index (χ4v) is 1.54. The van der Waals surface area contributed by atoms with Gasteiger partial charge in [-0.05, 0) is 13.3 Å². The first-order chi connectivity index (χ1) is 7.90. The number of unbranched alkanes of at least 4 members (excludes halogenated alkanes) is 4. The van der Waals surface area contributed by atoms with Gasteiger partial charge < -0.3 is 4.79 Å². The Labute approximate surface area is 102 Å². The van der Waals surface area contributed by atoms with E-state index in [0.717, 1.165) is 25.7 Å². The molecule has 0 spiro atoms. The first-order valence-corrected chi connectivity index (χ1v) is 6.30. The summed E-state index contributed by atoms with van der Waals surface area (Å²) < 4.78 is 26.5. The minimum atomic E-state index is -3.32. The minimum Gasteiger partial charge on any atom is -0.300 e. The Bertz CT molecular complexity index is 250. The van der Waals surface area contributed by atoms with Gasteiger partial charge in [-0.2, -0.15) is 8.78 Å². The first-order valence-electron chi connectivity index (χ1n) is 6.30. The number of rotatable bonds is 10. The quantitative estimate of drug-likeness (QED) is 0.549. The normalized spacial score (nSPS) is 11.5. The number of carbonyl (C=O) groups is 2. The van der Waals surface area contributed by atoms with Crippen LogP contribution in [0.3, 0.4) is 0 Å². The third kappa shape index (κ3) is 8.00. The van der Waals surface area contributed by atoms with Gasteiger partial charge in [-0.1, -0.05) is 32.6 Å². The van der Waals surface area contributed by atoms with Crippen LogP contribution in [-0.2, 0) is 9.59 Å². The average Bonchev–Trinajstić information content (AvgIpc) is 2.26. The van der Waals surface area contributed by atoms with Gasteiger partial charge in [0.15, 0.2) is 0 Å². The van der Waals surface area contributed by atoms with E-state index in [4.69, 9.17) is 0 Å². The average molecular weight is 248 g/mol. The molecule has 0 aromatic carbocycles. The van der Waals surface area contributed by atoms with Crippen LogP contribution in [0.4, 0.5) is 8.78 Å². The highest BCUT2D eigenvalue weighted by molar-refractivity contribution is 5.86. The topological polar surface area (TPSA) is 34.1 Å². The Morgan fingerprint density at radius 1 is 1.00 bits per heavy atom. The monoisotopic (exact) mass is 248 g/mol. The summed E-state index contributed by atoms with van der Waals surface area (Å²) in [6, 6.07) is 0. The molecule has 0 fully saturated rings. The van der Waals surface area contributed by atoms with Gasteiger partial charge in [-0.25, -0.2) is 0 Å². The summed E-state index contributed by atoms with van der Waals surface area (Å²) in [6.07, 6.45) is 3.55. The summed E-state index contributed by atoms with van der Waals surface area (Å²) in [4.78, 5) is 21.8. The molecule has 2 nitrogen and oxygen atoms in total. The fraction of sp³-hybridized carbons (Fsp3) is 0.846. The molecule has 100 valence electrons. The summed E-state index contributed by atoms with van der Waals surface area (Å²) in [5.74, 6) is -4.65. The molecular formula is C13H22F2O2. The second kappa shape index (κ2) is 8.31. The van der Waals surface area contributed by atoms with E-state index < -0.39 is 18.1 Å². The van der Waals surface area contributed by atoms with Crippen molar-refractivity contribution in [2.24, 2.45) is 0 Å². The highest BCUT2D eigenvalue weighted by Gasteiger charge is 2.37. The summed E-state index contributed by atoms with van der Waals surface area (Å²) in [5, 5.41) is 0. The number of halogens is 2. The zero-order valence-electron chi connectivity index (χ0n) is 10.7. The van der Waals surface area contributed by atoms with E-state index in [9.17, 15) is 18.4 Å². The van der Waals surface area contributed by atoms with Gasteiger partial charge in [0.05, 0.1) is 0 Å². The smallest absolute Gasteiger partial charge is 0.300 e. The lowest BCUT2D eigenvalue weighted by Gasteiger charge is -2.13. The van der Waals surface area contributed by atoms with Crippen LogP contribution < -0.4 is 0 Å². The summed E-state index contributed by atoms with van der Waals surface area (Å²) in [6.45, 7) is 3.33. The molecule has 0 atom stereocenters. The molecule has 0 heterocycles. The highest BCUT2D eigenvalue weighted by atomic mass is 19.3. The Balaban J connectivity index is 3.82. The van der Waals surface area contributed by atoms with Crippen molar-refractivity contribution in [1.82, 2.24) is 0 Å². The first kappa shape index (κ1) is 16.2. The molecule has 0 radical (unpaired) electrons. The van der Waals surface area contributed by atoms with Gasteiger partial charge in [0.25, 0.3) is 0 Å². The Morgan fingerprint density at radius 3 is 2.12 bits per heavy atom. The maximum atomic E-state index is 13.3. The molecule has 0 unspecified atom stereocenters. The molecule has 0 saturated heterocycles. The Morgan fingerprint density at radius 2 is 1.59 bits per heavy atom. The lowest BCUT2D eigenvalue weighted by atomic mass is 10.0. The standard InChI is InChI=1S/C13H22F2O2/c1-3-4-5-6-7-8-12(17)13(14,15)10-9-11(2)16/h3-10H2,1-2H3. The van der Waals surface area contributed by atoms with E-state index in [1.54, 1.807) is 0 Å². The molecule has 0 saturated carbocycles.